The summed E-state index contributed by atoms with van der Waals surface area (Å²) in [7, 11) is 1.65. The number of methoxy groups -OCH3 is 1. The third-order valence-corrected chi connectivity index (χ3v) is 5.59. The van der Waals surface area contributed by atoms with Crippen LogP contribution in [0.3, 0.4) is 0 Å². The monoisotopic (exact) mass is 387 g/mol. The molecule has 4 heteroatoms. The van der Waals surface area contributed by atoms with Crippen molar-refractivity contribution < 1.29 is 14.4 Å². The maximum atomic E-state index is 12.1. The van der Waals surface area contributed by atoms with Crippen molar-refractivity contribution in [3.05, 3.63) is 102 Å². The van der Waals surface area contributed by atoms with E-state index < -0.39 is 5.41 Å². The van der Waals surface area contributed by atoms with Gasteiger partial charge in [0.15, 0.2) is 0 Å². The molecule has 2 atom stereocenters. The average Bonchev–Trinajstić information content (AvgIpc) is 3.13. The first-order valence-electron chi connectivity index (χ1n) is 9.78. The number of hydrogen-bond donors (Lipinski definition) is 0. The van der Waals surface area contributed by atoms with E-state index in [1.807, 2.05) is 72.7 Å². The van der Waals surface area contributed by atoms with Gasteiger partial charge >= 0.3 is 0 Å². The first-order valence-corrected chi connectivity index (χ1v) is 9.78. The van der Waals surface area contributed by atoms with E-state index in [1.54, 1.807) is 7.11 Å². The molecule has 3 aromatic rings. The molecule has 0 unspecified atom stereocenters. The van der Waals surface area contributed by atoms with E-state index >= 15 is 0 Å². The van der Waals surface area contributed by atoms with Gasteiger partial charge in [0.1, 0.15) is 12.0 Å². The number of carbonyl (C=O) groups excluding carboxylic acids is 1. The van der Waals surface area contributed by atoms with E-state index in [1.165, 1.54) is 0 Å². The summed E-state index contributed by atoms with van der Waals surface area (Å²) in [6, 6.07) is 28.1. The van der Waals surface area contributed by atoms with Gasteiger partial charge in [-0.3, -0.25) is 4.84 Å². The van der Waals surface area contributed by atoms with Gasteiger partial charge in [-0.25, -0.2) is 0 Å². The van der Waals surface area contributed by atoms with Crippen molar-refractivity contribution in [2.24, 2.45) is 5.41 Å². The topological polar surface area (TPSA) is 38.8 Å². The molecule has 0 saturated carbocycles. The Kier molecular flexibility index (Phi) is 5.47. The molecule has 1 heterocycles. The number of hydroxylamine groups is 2. The summed E-state index contributed by atoms with van der Waals surface area (Å²) in [6.07, 6.45) is 1.02. The van der Waals surface area contributed by atoms with Crippen molar-refractivity contribution in [2.75, 3.05) is 13.7 Å². The predicted molar refractivity (Wildman–Crippen MR) is 112 cm³/mol. The van der Waals surface area contributed by atoms with E-state index in [0.717, 1.165) is 28.7 Å². The summed E-state index contributed by atoms with van der Waals surface area (Å²) in [4.78, 5) is 18.4. The zero-order valence-electron chi connectivity index (χ0n) is 16.7. The summed E-state index contributed by atoms with van der Waals surface area (Å²) in [5, 5.41) is 1.99. The summed E-state index contributed by atoms with van der Waals surface area (Å²) < 4.78 is 5.31. The smallest absolute Gasteiger partial charge is 0.130 e. The lowest BCUT2D eigenvalue weighted by Gasteiger charge is -2.35. The average molecular weight is 387 g/mol. The number of aldehydes is 1. The van der Waals surface area contributed by atoms with E-state index in [2.05, 4.69) is 24.3 Å². The Labute approximate surface area is 171 Å². The fourth-order valence-electron chi connectivity index (χ4n) is 4.05. The van der Waals surface area contributed by atoms with Gasteiger partial charge in [0.05, 0.1) is 31.2 Å². The van der Waals surface area contributed by atoms with Crippen LogP contribution in [-0.2, 0) is 9.63 Å². The predicted octanol–water partition coefficient (Wildman–Crippen LogP) is 4.98. The molecule has 0 spiro atoms. The van der Waals surface area contributed by atoms with Crippen LogP contribution in [0.15, 0.2) is 84.9 Å². The molecular weight excluding hydrogens is 362 g/mol. The Morgan fingerprint density at radius 3 is 2.00 bits per heavy atom. The second-order valence-corrected chi connectivity index (χ2v) is 7.66. The molecule has 29 heavy (non-hydrogen) atoms. The molecule has 1 aliphatic heterocycles. The van der Waals surface area contributed by atoms with Crippen molar-refractivity contribution >= 4 is 6.29 Å². The standard InChI is InChI=1S/C25H25NO3/c1-25(17-27)18-29-26(24(25)21-13-15-22(28-2)16-14-21)23(19-9-5-3-6-10-19)20-11-7-4-8-12-20/h3-17,23-24H,18H2,1-2H3/t24-,25+/m1/s1. The number of nitrogens with zero attached hydrogens (tertiary/aromatic N) is 1. The molecular formula is C25H25NO3. The molecule has 4 nitrogen and oxygen atoms in total. The minimum Gasteiger partial charge on any atom is -0.497 e. The zero-order valence-corrected chi connectivity index (χ0v) is 16.7. The van der Waals surface area contributed by atoms with Crippen LogP contribution in [0.5, 0.6) is 5.75 Å². The Balaban J connectivity index is 1.82. The van der Waals surface area contributed by atoms with Crippen molar-refractivity contribution in [1.29, 1.82) is 0 Å². The molecule has 0 N–H and O–H groups in total. The Bertz CT molecular complexity index is 903. The summed E-state index contributed by atoms with van der Waals surface area (Å²) in [6.45, 7) is 2.30. The third-order valence-electron chi connectivity index (χ3n) is 5.59. The van der Waals surface area contributed by atoms with Crippen LogP contribution in [0.2, 0.25) is 0 Å². The number of ether oxygens (including phenoxy) is 1. The molecule has 0 amide bonds. The Morgan fingerprint density at radius 1 is 0.966 bits per heavy atom. The van der Waals surface area contributed by atoms with Crippen molar-refractivity contribution in [3.8, 4) is 5.75 Å². The van der Waals surface area contributed by atoms with Crippen LogP contribution < -0.4 is 4.74 Å². The molecule has 148 valence electrons. The van der Waals surface area contributed by atoms with Gasteiger partial charge in [-0.15, -0.1) is 0 Å². The molecule has 1 aliphatic rings. The SMILES string of the molecule is COc1ccc([C@H]2N(C(c3ccccc3)c3ccccc3)OC[C@]2(C)C=O)cc1. The molecule has 0 radical (unpaired) electrons. The Morgan fingerprint density at radius 2 is 1.52 bits per heavy atom. The fourth-order valence-corrected chi connectivity index (χ4v) is 4.05. The molecule has 4 rings (SSSR count). The van der Waals surface area contributed by atoms with E-state index in [9.17, 15) is 4.79 Å². The molecule has 3 aromatic carbocycles. The van der Waals surface area contributed by atoms with E-state index in [-0.39, 0.29) is 12.1 Å². The highest BCUT2D eigenvalue weighted by Crippen LogP contribution is 2.49. The van der Waals surface area contributed by atoms with Gasteiger partial charge in [0.2, 0.25) is 0 Å². The van der Waals surface area contributed by atoms with Crippen molar-refractivity contribution in [1.82, 2.24) is 5.06 Å². The highest BCUT2D eigenvalue weighted by Gasteiger charge is 2.49. The molecule has 1 saturated heterocycles. The zero-order chi connectivity index (χ0) is 20.3. The van der Waals surface area contributed by atoms with Gasteiger partial charge in [-0.1, -0.05) is 72.8 Å². The lowest BCUT2D eigenvalue weighted by Crippen LogP contribution is -2.34. The minimum atomic E-state index is -0.656. The molecule has 0 aliphatic carbocycles. The van der Waals surface area contributed by atoms with E-state index in [4.69, 9.17) is 9.57 Å². The Hall–Kier alpha value is -2.95. The lowest BCUT2D eigenvalue weighted by molar-refractivity contribution is -0.156. The van der Waals surface area contributed by atoms with Crippen LogP contribution in [0.4, 0.5) is 0 Å². The van der Waals surface area contributed by atoms with Crippen molar-refractivity contribution in [2.45, 2.75) is 19.0 Å². The first kappa shape index (κ1) is 19.4. The van der Waals surface area contributed by atoms with Gasteiger partial charge in [-0.2, -0.15) is 5.06 Å². The maximum Gasteiger partial charge on any atom is 0.130 e. The summed E-state index contributed by atoms with van der Waals surface area (Å²) >= 11 is 0. The highest BCUT2D eigenvalue weighted by atomic mass is 16.7. The number of benzene rings is 3. The fraction of sp³-hybridized carbons (Fsp3) is 0.240. The van der Waals surface area contributed by atoms with E-state index in [0.29, 0.717) is 6.61 Å². The van der Waals surface area contributed by atoms with Crippen LogP contribution in [-0.4, -0.2) is 25.1 Å². The maximum absolute atomic E-state index is 12.1. The first-order chi connectivity index (χ1) is 14.2. The van der Waals surface area contributed by atoms with Gasteiger partial charge in [-0.05, 0) is 35.7 Å². The van der Waals surface area contributed by atoms with Gasteiger partial charge < -0.3 is 9.53 Å². The quantitative estimate of drug-likeness (QED) is 0.559. The van der Waals surface area contributed by atoms with Crippen LogP contribution >= 0.6 is 0 Å². The normalized spacial score (nSPS) is 22.0. The summed E-state index contributed by atoms with van der Waals surface area (Å²) in [5.41, 5.74) is 2.60. The minimum absolute atomic E-state index is 0.133. The lowest BCUT2D eigenvalue weighted by atomic mass is 9.80. The number of carbonyl (C=O) groups is 1. The molecule has 1 fully saturated rings. The molecule has 0 aromatic heterocycles. The second kappa shape index (κ2) is 8.19. The van der Waals surface area contributed by atoms with Gasteiger partial charge in [0, 0.05) is 0 Å². The molecule has 0 bridgehead atoms. The number of hydrogen-bond acceptors (Lipinski definition) is 4. The van der Waals surface area contributed by atoms with Gasteiger partial charge in [0.25, 0.3) is 0 Å². The van der Waals surface area contributed by atoms with Crippen molar-refractivity contribution in [3.63, 3.8) is 0 Å². The summed E-state index contributed by atoms with van der Waals surface area (Å²) in [5.74, 6) is 0.787. The number of rotatable bonds is 6. The highest BCUT2D eigenvalue weighted by molar-refractivity contribution is 5.62. The second-order valence-electron chi connectivity index (χ2n) is 7.66. The van der Waals surface area contributed by atoms with Crippen LogP contribution in [0.1, 0.15) is 35.7 Å². The van der Waals surface area contributed by atoms with Crippen LogP contribution in [0, 0.1) is 5.41 Å². The largest absolute Gasteiger partial charge is 0.497 e. The third kappa shape index (κ3) is 3.69. The van der Waals surface area contributed by atoms with Crippen LogP contribution in [0.25, 0.3) is 0 Å².